The second kappa shape index (κ2) is 8.13. The lowest BCUT2D eigenvalue weighted by atomic mass is 10.1. The van der Waals surface area contributed by atoms with Gasteiger partial charge in [0.25, 0.3) is 11.5 Å². The van der Waals surface area contributed by atoms with Crippen molar-refractivity contribution in [1.82, 2.24) is 14.9 Å². The summed E-state index contributed by atoms with van der Waals surface area (Å²) in [7, 11) is 4.07. The molecule has 8 nitrogen and oxygen atoms in total. The highest BCUT2D eigenvalue weighted by molar-refractivity contribution is 9.10. The number of nitrogens with zero attached hydrogens (tertiary/aromatic N) is 3. The third kappa shape index (κ3) is 3.89. The minimum absolute atomic E-state index is 0.221. The Hall–Kier alpha value is -2.23. The molecule has 1 unspecified atom stereocenters. The van der Waals surface area contributed by atoms with Crippen molar-refractivity contribution in [3.8, 4) is 0 Å². The molecule has 0 spiro atoms. The molecule has 0 aliphatic carbocycles. The number of halogens is 1. The quantitative estimate of drug-likeness (QED) is 0.509. The molecule has 3 heterocycles. The molecule has 3 aromatic rings. The van der Waals surface area contributed by atoms with Crippen LogP contribution in [0, 0.1) is 0 Å². The SMILES string of the molecule is CN(C)CCC[N+]1(Cc2nc3c(oc4ccc(Br)cc43)c(=O)[nH]2)CCC[C@H]1C(N)=O. The second-order valence-electron chi connectivity index (χ2n) is 8.47. The molecule has 1 amide bonds. The maximum absolute atomic E-state index is 12.7. The van der Waals surface area contributed by atoms with Crippen molar-refractivity contribution in [3.05, 3.63) is 38.9 Å². The maximum atomic E-state index is 12.7. The number of primary amides is 1. The summed E-state index contributed by atoms with van der Waals surface area (Å²) >= 11 is 3.47. The van der Waals surface area contributed by atoms with Crippen molar-refractivity contribution < 1.29 is 13.7 Å². The van der Waals surface area contributed by atoms with Crippen LogP contribution in [0.25, 0.3) is 22.1 Å². The number of carbonyl (C=O) groups excluding carboxylic acids is 1. The summed E-state index contributed by atoms with van der Waals surface area (Å²) in [4.78, 5) is 34.8. The normalized spacial score (nSPS) is 21.8. The van der Waals surface area contributed by atoms with E-state index in [9.17, 15) is 9.59 Å². The fourth-order valence-corrected chi connectivity index (χ4v) is 5.09. The van der Waals surface area contributed by atoms with Crippen molar-refractivity contribution >= 4 is 43.9 Å². The van der Waals surface area contributed by atoms with Crippen molar-refractivity contribution in [2.75, 3.05) is 33.7 Å². The zero-order valence-corrected chi connectivity index (χ0v) is 18.9. The number of hydrogen-bond donors (Lipinski definition) is 2. The Morgan fingerprint density at radius 3 is 2.97 bits per heavy atom. The van der Waals surface area contributed by atoms with Crippen LogP contribution < -0.4 is 11.3 Å². The third-order valence-electron chi connectivity index (χ3n) is 6.08. The molecule has 1 aliphatic heterocycles. The molecule has 3 N–H and O–H groups in total. The highest BCUT2D eigenvalue weighted by atomic mass is 79.9. The second-order valence-corrected chi connectivity index (χ2v) is 9.39. The Labute approximate surface area is 182 Å². The molecule has 1 aromatic carbocycles. The van der Waals surface area contributed by atoms with E-state index in [1.165, 1.54) is 0 Å². The number of hydrogen-bond acceptors (Lipinski definition) is 5. The molecule has 4 rings (SSSR count). The van der Waals surface area contributed by atoms with Gasteiger partial charge in [0.15, 0.2) is 11.9 Å². The minimum Gasteiger partial charge on any atom is -0.449 e. The summed E-state index contributed by atoms with van der Waals surface area (Å²) in [5.41, 5.74) is 6.86. The minimum atomic E-state index is -0.302. The average Bonchev–Trinajstić information content (AvgIpc) is 3.24. The van der Waals surface area contributed by atoms with Crippen LogP contribution in [-0.4, -0.2) is 65.0 Å². The molecule has 30 heavy (non-hydrogen) atoms. The fraction of sp³-hybridized carbons (Fsp3) is 0.476. The van der Waals surface area contributed by atoms with Crippen LogP contribution in [0.3, 0.4) is 0 Å². The lowest BCUT2D eigenvalue weighted by Gasteiger charge is -2.38. The van der Waals surface area contributed by atoms with Gasteiger partial charge in [-0.2, -0.15) is 0 Å². The zero-order chi connectivity index (χ0) is 21.5. The van der Waals surface area contributed by atoms with Crippen molar-refractivity contribution in [2.24, 2.45) is 5.73 Å². The van der Waals surface area contributed by atoms with Crippen LogP contribution in [0.2, 0.25) is 0 Å². The fourth-order valence-electron chi connectivity index (χ4n) is 4.72. The molecule has 1 fully saturated rings. The Balaban J connectivity index is 1.75. The van der Waals surface area contributed by atoms with Gasteiger partial charge in [-0.3, -0.25) is 9.59 Å². The average molecular weight is 477 g/mol. The predicted molar refractivity (Wildman–Crippen MR) is 119 cm³/mol. The first-order valence-electron chi connectivity index (χ1n) is 10.2. The summed E-state index contributed by atoms with van der Waals surface area (Å²) in [6.45, 7) is 3.05. The van der Waals surface area contributed by atoms with Crippen LogP contribution in [0.15, 0.2) is 31.9 Å². The van der Waals surface area contributed by atoms with Gasteiger partial charge in [0.1, 0.15) is 17.6 Å². The summed E-state index contributed by atoms with van der Waals surface area (Å²) in [6.07, 6.45) is 2.64. The molecule has 160 valence electrons. The number of nitrogens with two attached hydrogens (primary N) is 1. The Morgan fingerprint density at radius 2 is 2.23 bits per heavy atom. The molecular weight excluding hydrogens is 450 g/mol. The molecule has 1 aliphatic rings. The summed E-state index contributed by atoms with van der Waals surface area (Å²) in [5, 5.41) is 0.791. The topological polar surface area (TPSA) is 105 Å². The van der Waals surface area contributed by atoms with Gasteiger partial charge in [-0.15, -0.1) is 0 Å². The number of furan rings is 1. The van der Waals surface area contributed by atoms with Gasteiger partial charge in [0.2, 0.25) is 5.58 Å². The number of fused-ring (bicyclic) bond motifs is 3. The van der Waals surface area contributed by atoms with Crippen molar-refractivity contribution in [2.45, 2.75) is 31.8 Å². The van der Waals surface area contributed by atoms with E-state index in [0.717, 1.165) is 48.8 Å². The predicted octanol–water partition coefficient (Wildman–Crippen LogP) is 2.35. The van der Waals surface area contributed by atoms with E-state index in [1.807, 2.05) is 32.3 Å². The van der Waals surface area contributed by atoms with E-state index >= 15 is 0 Å². The number of aromatic nitrogens is 2. The summed E-state index contributed by atoms with van der Waals surface area (Å²) in [6, 6.07) is 5.33. The summed E-state index contributed by atoms with van der Waals surface area (Å²) < 4.78 is 7.16. The molecular formula is C21H27BrN5O3+. The van der Waals surface area contributed by atoms with Gasteiger partial charge in [-0.1, -0.05) is 15.9 Å². The van der Waals surface area contributed by atoms with Crippen molar-refractivity contribution in [3.63, 3.8) is 0 Å². The Kier molecular flexibility index (Phi) is 5.69. The smallest absolute Gasteiger partial charge is 0.294 e. The largest absolute Gasteiger partial charge is 0.449 e. The standard InChI is InChI=1S/C21H26BrN5O3/c1-26(2)8-4-10-27(9-3-5-15(27)20(23)28)12-17-24-18-14-11-13(22)6-7-16(14)30-19(18)21(29)25-17/h6-7,11,15H,3-5,8-10,12H2,1-2H3,(H2-,23,24,25,28,29)/p+1/t15-,27?/m0/s1. The van der Waals surface area contributed by atoms with Gasteiger partial charge in [-0.05, 0) is 32.3 Å². The zero-order valence-electron chi connectivity index (χ0n) is 17.3. The number of nitrogens with one attached hydrogen (secondary N) is 1. The molecule has 2 atom stereocenters. The molecule has 0 radical (unpaired) electrons. The summed E-state index contributed by atoms with van der Waals surface area (Å²) in [5.74, 6) is 0.284. The third-order valence-corrected chi connectivity index (χ3v) is 6.57. The first-order chi connectivity index (χ1) is 14.3. The molecule has 1 saturated heterocycles. The number of H-pyrrole nitrogens is 1. The molecule has 2 aromatic heterocycles. The number of carbonyl (C=O) groups is 1. The van der Waals surface area contributed by atoms with E-state index in [4.69, 9.17) is 15.1 Å². The van der Waals surface area contributed by atoms with Crippen LogP contribution >= 0.6 is 15.9 Å². The molecule has 0 bridgehead atoms. The Morgan fingerprint density at radius 1 is 1.43 bits per heavy atom. The van der Waals surface area contributed by atoms with Gasteiger partial charge in [0, 0.05) is 35.7 Å². The van der Waals surface area contributed by atoms with Crippen LogP contribution in [0.1, 0.15) is 25.1 Å². The number of amides is 1. The van der Waals surface area contributed by atoms with Gasteiger partial charge in [0.05, 0.1) is 13.1 Å². The van der Waals surface area contributed by atoms with Crippen LogP contribution in [-0.2, 0) is 11.3 Å². The van der Waals surface area contributed by atoms with Gasteiger partial charge >= 0.3 is 0 Å². The maximum Gasteiger partial charge on any atom is 0.294 e. The van der Waals surface area contributed by atoms with E-state index in [2.05, 4.69) is 25.8 Å². The number of aromatic amines is 1. The van der Waals surface area contributed by atoms with Crippen LogP contribution in [0.5, 0.6) is 0 Å². The monoisotopic (exact) mass is 476 g/mol. The first kappa shape index (κ1) is 21.0. The van der Waals surface area contributed by atoms with E-state index < -0.39 is 0 Å². The van der Waals surface area contributed by atoms with Crippen molar-refractivity contribution in [1.29, 1.82) is 0 Å². The lowest BCUT2D eigenvalue weighted by Crippen LogP contribution is -2.57. The number of quaternary nitrogens is 1. The molecule has 9 heteroatoms. The number of benzene rings is 1. The highest BCUT2D eigenvalue weighted by Crippen LogP contribution is 2.31. The van der Waals surface area contributed by atoms with E-state index in [0.29, 0.717) is 28.0 Å². The number of rotatable bonds is 7. The van der Waals surface area contributed by atoms with Gasteiger partial charge < -0.3 is 24.5 Å². The van der Waals surface area contributed by atoms with Gasteiger partial charge in [-0.25, -0.2) is 4.98 Å². The van der Waals surface area contributed by atoms with E-state index in [-0.39, 0.29) is 23.1 Å². The highest BCUT2D eigenvalue weighted by Gasteiger charge is 2.45. The van der Waals surface area contributed by atoms with Crippen LogP contribution in [0.4, 0.5) is 0 Å². The first-order valence-corrected chi connectivity index (χ1v) is 11.0. The molecule has 0 saturated carbocycles. The number of likely N-dealkylation sites (tertiary alicyclic amines) is 1. The lowest BCUT2D eigenvalue weighted by molar-refractivity contribution is -0.944. The van der Waals surface area contributed by atoms with E-state index in [1.54, 1.807) is 0 Å². The Bertz CT molecular complexity index is 1150.